The average molecular weight is 280 g/mol. The molecule has 1 aromatic carbocycles. The van der Waals surface area contributed by atoms with Crippen LogP contribution in [0.1, 0.15) is 25.3 Å². The zero-order valence-electron chi connectivity index (χ0n) is 11.7. The number of hydrogen-bond donors (Lipinski definition) is 3. The van der Waals surface area contributed by atoms with E-state index in [4.69, 9.17) is 9.84 Å². The number of amides is 2. The maximum absolute atomic E-state index is 11.7. The highest BCUT2D eigenvalue weighted by Crippen LogP contribution is 2.12. The summed E-state index contributed by atoms with van der Waals surface area (Å²) in [4.78, 5) is 22.3. The number of rotatable bonds is 7. The largest absolute Gasteiger partial charge is 0.497 e. The standard InChI is InChI=1S/C14H20N2O4/c1-3-11(8-13(17)18)16-14(19)15-9-10-5-4-6-12(7-10)20-2/h4-7,11H,3,8-9H2,1-2H3,(H,17,18)(H2,15,16,19). The maximum Gasteiger partial charge on any atom is 0.315 e. The SMILES string of the molecule is CCC(CC(=O)O)NC(=O)NCc1cccc(OC)c1. The Kier molecular flexibility index (Phi) is 6.36. The van der Waals surface area contributed by atoms with Crippen LogP contribution in [0.2, 0.25) is 0 Å². The van der Waals surface area contributed by atoms with Gasteiger partial charge in [-0.1, -0.05) is 19.1 Å². The number of methoxy groups -OCH3 is 1. The number of carboxylic acid groups (broad SMARTS) is 1. The second kappa shape index (κ2) is 8.04. The minimum absolute atomic E-state index is 0.0803. The van der Waals surface area contributed by atoms with Gasteiger partial charge in [0.1, 0.15) is 5.75 Å². The molecule has 1 rings (SSSR count). The summed E-state index contributed by atoms with van der Waals surface area (Å²) in [6.45, 7) is 2.18. The highest BCUT2D eigenvalue weighted by molar-refractivity contribution is 5.75. The lowest BCUT2D eigenvalue weighted by Crippen LogP contribution is -2.42. The third-order valence-electron chi connectivity index (χ3n) is 2.84. The number of ether oxygens (including phenoxy) is 1. The minimum Gasteiger partial charge on any atom is -0.497 e. The highest BCUT2D eigenvalue weighted by Gasteiger charge is 2.13. The summed E-state index contributed by atoms with van der Waals surface area (Å²) in [5, 5.41) is 14.0. The van der Waals surface area contributed by atoms with Gasteiger partial charge in [-0.25, -0.2) is 4.79 Å². The molecule has 3 N–H and O–H groups in total. The van der Waals surface area contributed by atoms with Crippen molar-refractivity contribution in [2.24, 2.45) is 0 Å². The van der Waals surface area contributed by atoms with Crippen LogP contribution >= 0.6 is 0 Å². The van der Waals surface area contributed by atoms with Crippen LogP contribution in [0.3, 0.4) is 0 Å². The lowest BCUT2D eigenvalue weighted by atomic mass is 10.1. The Morgan fingerprint density at radius 2 is 2.15 bits per heavy atom. The Bertz CT molecular complexity index is 462. The monoisotopic (exact) mass is 280 g/mol. The number of urea groups is 1. The summed E-state index contributed by atoms with van der Waals surface area (Å²) in [5.41, 5.74) is 0.908. The van der Waals surface area contributed by atoms with Crippen molar-refractivity contribution in [3.8, 4) is 5.75 Å². The summed E-state index contributed by atoms with van der Waals surface area (Å²) in [5.74, 6) is -0.202. The van der Waals surface area contributed by atoms with Crippen LogP contribution in [0, 0.1) is 0 Å². The van der Waals surface area contributed by atoms with E-state index >= 15 is 0 Å². The van der Waals surface area contributed by atoms with Crippen molar-refractivity contribution in [1.29, 1.82) is 0 Å². The van der Waals surface area contributed by atoms with Crippen molar-refractivity contribution < 1.29 is 19.4 Å². The Morgan fingerprint density at radius 1 is 1.40 bits per heavy atom. The molecule has 0 aliphatic rings. The van der Waals surface area contributed by atoms with Crippen LogP contribution < -0.4 is 15.4 Å². The third kappa shape index (κ3) is 5.60. The Hall–Kier alpha value is -2.24. The van der Waals surface area contributed by atoms with E-state index in [1.807, 2.05) is 31.2 Å². The second-order valence-electron chi connectivity index (χ2n) is 4.38. The zero-order chi connectivity index (χ0) is 15.0. The van der Waals surface area contributed by atoms with E-state index in [9.17, 15) is 9.59 Å². The van der Waals surface area contributed by atoms with E-state index in [-0.39, 0.29) is 18.5 Å². The quantitative estimate of drug-likeness (QED) is 0.710. The van der Waals surface area contributed by atoms with Crippen molar-refractivity contribution in [3.63, 3.8) is 0 Å². The van der Waals surface area contributed by atoms with E-state index in [1.54, 1.807) is 7.11 Å². The van der Waals surface area contributed by atoms with Crippen LogP contribution in [0.15, 0.2) is 24.3 Å². The van der Waals surface area contributed by atoms with Gasteiger partial charge in [-0.05, 0) is 24.1 Å². The van der Waals surface area contributed by atoms with Gasteiger partial charge in [-0.2, -0.15) is 0 Å². The van der Waals surface area contributed by atoms with E-state index in [1.165, 1.54) is 0 Å². The van der Waals surface area contributed by atoms with Crippen LogP contribution in [0.4, 0.5) is 4.79 Å². The van der Waals surface area contributed by atoms with Gasteiger partial charge in [0, 0.05) is 12.6 Å². The van der Waals surface area contributed by atoms with Crippen molar-refractivity contribution in [2.75, 3.05) is 7.11 Å². The van der Waals surface area contributed by atoms with Crippen LogP contribution in [0.5, 0.6) is 5.75 Å². The van der Waals surface area contributed by atoms with Gasteiger partial charge >= 0.3 is 12.0 Å². The van der Waals surface area contributed by atoms with Crippen molar-refractivity contribution in [1.82, 2.24) is 10.6 Å². The smallest absolute Gasteiger partial charge is 0.315 e. The summed E-state index contributed by atoms with van der Waals surface area (Å²) in [6.07, 6.45) is 0.488. The molecule has 0 heterocycles. The first-order chi connectivity index (χ1) is 9.55. The number of benzene rings is 1. The molecule has 1 atom stereocenters. The summed E-state index contributed by atoms with van der Waals surface area (Å²) in [7, 11) is 1.58. The number of carbonyl (C=O) groups excluding carboxylic acids is 1. The molecule has 6 nitrogen and oxygen atoms in total. The first-order valence-corrected chi connectivity index (χ1v) is 6.44. The van der Waals surface area contributed by atoms with Crippen molar-refractivity contribution >= 4 is 12.0 Å². The molecule has 20 heavy (non-hydrogen) atoms. The lowest BCUT2D eigenvalue weighted by molar-refractivity contribution is -0.137. The number of hydrogen-bond acceptors (Lipinski definition) is 3. The van der Waals surface area contributed by atoms with Crippen LogP contribution in [0.25, 0.3) is 0 Å². The van der Waals surface area contributed by atoms with Gasteiger partial charge in [0.25, 0.3) is 0 Å². The molecule has 1 aromatic rings. The number of carboxylic acids is 1. The Morgan fingerprint density at radius 3 is 2.75 bits per heavy atom. The number of carbonyl (C=O) groups is 2. The summed E-state index contributed by atoms with van der Waals surface area (Å²) in [6, 6.07) is 6.63. The predicted octanol–water partition coefficient (Wildman–Crippen LogP) is 1.75. The summed E-state index contributed by atoms with van der Waals surface area (Å²) < 4.78 is 5.09. The normalized spacial score (nSPS) is 11.5. The molecular formula is C14H20N2O4. The van der Waals surface area contributed by atoms with E-state index < -0.39 is 5.97 Å². The summed E-state index contributed by atoms with van der Waals surface area (Å²) >= 11 is 0. The van der Waals surface area contributed by atoms with E-state index in [0.717, 1.165) is 11.3 Å². The van der Waals surface area contributed by atoms with Gasteiger partial charge in [0.15, 0.2) is 0 Å². The first-order valence-electron chi connectivity index (χ1n) is 6.44. The maximum atomic E-state index is 11.7. The van der Waals surface area contributed by atoms with Crippen LogP contribution in [-0.2, 0) is 11.3 Å². The van der Waals surface area contributed by atoms with Gasteiger partial charge in [-0.15, -0.1) is 0 Å². The predicted molar refractivity (Wildman–Crippen MR) is 74.7 cm³/mol. The van der Waals surface area contributed by atoms with Gasteiger partial charge in [-0.3, -0.25) is 4.79 Å². The van der Waals surface area contributed by atoms with Crippen LogP contribution in [-0.4, -0.2) is 30.3 Å². The second-order valence-corrected chi connectivity index (χ2v) is 4.38. The number of aliphatic carboxylic acids is 1. The fourth-order valence-electron chi connectivity index (χ4n) is 1.71. The zero-order valence-corrected chi connectivity index (χ0v) is 11.7. The molecule has 0 radical (unpaired) electrons. The molecule has 0 aliphatic heterocycles. The molecule has 0 saturated carbocycles. The molecule has 0 bridgehead atoms. The van der Waals surface area contributed by atoms with Gasteiger partial charge in [0.2, 0.25) is 0 Å². The molecule has 0 spiro atoms. The van der Waals surface area contributed by atoms with E-state index in [2.05, 4.69) is 10.6 Å². The van der Waals surface area contributed by atoms with Gasteiger partial charge in [0.05, 0.1) is 13.5 Å². The Balaban J connectivity index is 2.43. The molecule has 0 aromatic heterocycles. The first kappa shape index (κ1) is 15.8. The topological polar surface area (TPSA) is 87.7 Å². The molecule has 6 heteroatoms. The average Bonchev–Trinajstić information content (AvgIpc) is 2.44. The fourth-order valence-corrected chi connectivity index (χ4v) is 1.71. The molecule has 0 saturated heterocycles. The molecule has 110 valence electrons. The molecular weight excluding hydrogens is 260 g/mol. The molecule has 0 aliphatic carbocycles. The highest BCUT2D eigenvalue weighted by atomic mass is 16.5. The molecule has 2 amide bonds. The third-order valence-corrected chi connectivity index (χ3v) is 2.84. The minimum atomic E-state index is -0.926. The number of nitrogens with one attached hydrogen (secondary N) is 2. The molecule has 0 fully saturated rings. The van der Waals surface area contributed by atoms with E-state index in [0.29, 0.717) is 13.0 Å². The van der Waals surface area contributed by atoms with Crippen molar-refractivity contribution in [2.45, 2.75) is 32.4 Å². The van der Waals surface area contributed by atoms with Crippen molar-refractivity contribution in [3.05, 3.63) is 29.8 Å². The van der Waals surface area contributed by atoms with Gasteiger partial charge < -0.3 is 20.5 Å². The lowest BCUT2D eigenvalue weighted by Gasteiger charge is -2.15. The Labute approximate surface area is 118 Å². The fraction of sp³-hybridized carbons (Fsp3) is 0.429. The molecule has 1 unspecified atom stereocenters.